The molecule has 0 bridgehead atoms. The minimum absolute atomic E-state index is 0.222. The third-order valence-electron chi connectivity index (χ3n) is 3.14. The molecule has 0 saturated heterocycles. The van der Waals surface area contributed by atoms with Crippen LogP contribution in [-0.4, -0.2) is 22.2 Å². The number of rotatable bonds is 4. The van der Waals surface area contributed by atoms with Crippen molar-refractivity contribution in [1.82, 2.24) is 4.57 Å². The minimum Gasteiger partial charge on any atom is -0.478 e. The van der Waals surface area contributed by atoms with E-state index in [2.05, 4.69) is 0 Å². The number of fused-ring (bicyclic) bond motifs is 1. The molecule has 0 spiro atoms. The van der Waals surface area contributed by atoms with Crippen molar-refractivity contribution in [3.05, 3.63) is 35.5 Å². The fourth-order valence-electron chi connectivity index (χ4n) is 2.32. The molecule has 0 unspecified atom stereocenters. The molecule has 0 aliphatic heterocycles. The second kappa shape index (κ2) is 4.82. The number of aromatic carboxylic acids is 1. The highest BCUT2D eigenvalue weighted by Crippen LogP contribution is 2.28. The first-order valence-electron chi connectivity index (χ1n) is 6.12. The average Bonchev–Trinajstić information content (AvgIpc) is 2.69. The van der Waals surface area contributed by atoms with Gasteiger partial charge in [0.2, 0.25) is 0 Å². The standard InChI is InChI=1S/C14H18N2O2/c1-9(2)16-8-10(6-7-15)11-4-3-5-12(13(11)16)14(17)18/h3-5,8-9H,6-7,15H2,1-2H3,(H,17,18). The fourth-order valence-corrected chi connectivity index (χ4v) is 2.32. The predicted molar refractivity (Wildman–Crippen MR) is 72.0 cm³/mol. The zero-order valence-corrected chi connectivity index (χ0v) is 10.7. The van der Waals surface area contributed by atoms with E-state index >= 15 is 0 Å². The van der Waals surface area contributed by atoms with Crippen LogP contribution in [0.5, 0.6) is 0 Å². The number of nitrogens with zero attached hydrogens (tertiary/aromatic N) is 1. The van der Waals surface area contributed by atoms with Gasteiger partial charge in [0.1, 0.15) is 0 Å². The molecule has 1 aromatic carbocycles. The Balaban J connectivity index is 2.78. The van der Waals surface area contributed by atoms with Crippen molar-refractivity contribution < 1.29 is 9.90 Å². The maximum Gasteiger partial charge on any atom is 0.337 e. The Morgan fingerprint density at radius 2 is 2.17 bits per heavy atom. The highest BCUT2D eigenvalue weighted by atomic mass is 16.4. The van der Waals surface area contributed by atoms with Gasteiger partial charge in [0.25, 0.3) is 0 Å². The first-order valence-corrected chi connectivity index (χ1v) is 6.12. The molecular formula is C14H18N2O2. The smallest absolute Gasteiger partial charge is 0.337 e. The molecule has 0 fully saturated rings. The molecule has 0 aliphatic carbocycles. The quantitative estimate of drug-likeness (QED) is 0.870. The molecule has 4 nitrogen and oxygen atoms in total. The Hall–Kier alpha value is -1.81. The second-order valence-corrected chi connectivity index (χ2v) is 4.70. The average molecular weight is 246 g/mol. The van der Waals surface area contributed by atoms with E-state index < -0.39 is 5.97 Å². The summed E-state index contributed by atoms with van der Waals surface area (Å²) in [4.78, 5) is 11.3. The molecule has 96 valence electrons. The van der Waals surface area contributed by atoms with Crippen LogP contribution in [0.25, 0.3) is 10.9 Å². The van der Waals surface area contributed by atoms with E-state index in [0.717, 1.165) is 22.9 Å². The lowest BCUT2D eigenvalue weighted by Gasteiger charge is -2.10. The summed E-state index contributed by atoms with van der Waals surface area (Å²) in [6, 6.07) is 5.62. The molecule has 0 radical (unpaired) electrons. The van der Waals surface area contributed by atoms with Crippen LogP contribution >= 0.6 is 0 Å². The number of carboxylic acids is 1. The first kappa shape index (κ1) is 12.6. The van der Waals surface area contributed by atoms with Crippen molar-refractivity contribution in [2.75, 3.05) is 6.54 Å². The van der Waals surface area contributed by atoms with Gasteiger partial charge in [-0.3, -0.25) is 0 Å². The number of hydrogen-bond acceptors (Lipinski definition) is 2. The molecule has 18 heavy (non-hydrogen) atoms. The van der Waals surface area contributed by atoms with E-state index in [0.29, 0.717) is 12.1 Å². The normalized spacial score (nSPS) is 11.3. The molecule has 1 aromatic heterocycles. The monoisotopic (exact) mass is 246 g/mol. The lowest BCUT2D eigenvalue weighted by atomic mass is 10.1. The Bertz CT molecular complexity index is 585. The van der Waals surface area contributed by atoms with Crippen molar-refractivity contribution in [2.45, 2.75) is 26.3 Å². The molecule has 0 atom stereocenters. The van der Waals surface area contributed by atoms with Crippen LogP contribution < -0.4 is 5.73 Å². The highest BCUT2D eigenvalue weighted by Gasteiger charge is 2.16. The molecule has 2 rings (SSSR count). The summed E-state index contributed by atoms with van der Waals surface area (Å²) in [7, 11) is 0. The zero-order valence-electron chi connectivity index (χ0n) is 10.7. The van der Waals surface area contributed by atoms with Gasteiger partial charge < -0.3 is 15.4 Å². The fraction of sp³-hybridized carbons (Fsp3) is 0.357. The van der Waals surface area contributed by atoms with Gasteiger partial charge in [0, 0.05) is 17.6 Å². The van der Waals surface area contributed by atoms with E-state index in [1.807, 2.05) is 30.7 Å². The van der Waals surface area contributed by atoms with Gasteiger partial charge in [0.15, 0.2) is 0 Å². The van der Waals surface area contributed by atoms with Gasteiger partial charge >= 0.3 is 5.97 Å². The molecule has 0 aliphatic rings. The van der Waals surface area contributed by atoms with Gasteiger partial charge in [-0.25, -0.2) is 4.79 Å². The number of benzene rings is 1. The number of hydrogen-bond donors (Lipinski definition) is 2. The molecule has 1 heterocycles. The van der Waals surface area contributed by atoms with Crippen molar-refractivity contribution in [3.8, 4) is 0 Å². The second-order valence-electron chi connectivity index (χ2n) is 4.70. The van der Waals surface area contributed by atoms with Crippen molar-refractivity contribution in [1.29, 1.82) is 0 Å². The van der Waals surface area contributed by atoms with Crippen LogP contribution in [0.15, 0.2) is 24.4 Å². The number of carboxylic acid groups (broad SMARTS) is 1. The third kappa shape index (κ3) is 1.99. The molecular weight excluding hydrogens is 228 g/mol. The Morgan fingerprint density at radius 3 is 2.72 bits per heavy atom. The third-order valence-corrected chi connectivity index (χ3v) is 3.14. The maximum atomic E-state index is 11.3. The number of aromatic nitrogens is 1. The van der Waals surface area contributed by atoms with Gasteiger partial charge in [-0.2, -0.15) is 0 Å². The minimum atomic E-state index is -0.889. The van der Waals surface area contributed by atoms with Crippen LogP contribution in [0, 0.1) is 0 Å². The van der Waals surface area contributed by atoms with Gasteiger partial charge in [0.05, 0.1) is 11.1 Å². The van der Waals surface area contributed by atoms with Gasteiger partial charge in [-0.15, -0.1) is 0 Å². The van der Waals surface area contributed by atoms with Crippen LogP contribution in [0.1, 0.15) is 35.8 Å². The summed E-state index contributed by atoms with van der Waals surface area (Å²) < 4.78 is 2.02. The van der Waals surface area contributed by atoms with Crippen molar-refractivity contribution in [3.63, 3.8) is 0 Å². The van der Waals surface area contributed by atoms with Crippen LogP contribution in [0.4, 0.5) is 0 Å². The van der Waals surface area contributed by atoms with E-state index in [1.165, 1.54) is 0 Å². The first-order chi connectivity index (χ1) is 8.56. The Morgan fingerprint density at radius 1 is 1.44 bits per heavy atom. The van der Waals surface area contributed by atoms with Gasteiger partial charge in [-0.1, -0.05) is 12.1 Å². The number of carbonyl (C=O) groups is 1. The SMILES string of the molecule is CC(C)n1cc(CCN)c2cccc(C(=O)O)c21. The lowest BCUT2D eigenvalue weighted by Crippen LogP contribution is -2.04. The van der Waals surface area contributed by atoms with E-state index in [9.17, 15) is 9.90 Å². The summed E-state index contributed by atoms with van der Waals surface area (Å²) in [5.74, 6) is -0.889. The summed E-state index contributed by atoms with van der Waals surface area (Å²) in [5, 5.41) is 10.3. The van der Waals surface area contributed by atoms with Gasteiger partial charge in [-0.05, 0) is 38.4 Å². The van der Waals surface area contributed by atoms with E-state index in [-0.39, 0.29) is 6.04 Å². The number of para-hydroxylation sites is 1. The molecule has 0 amide bonds. The number of nitrogens with two attached hydrogens (primary N) is 1. The van der Waals surface area contributed by atoms with Crippen molar-refractivity contribution >= 4 is 16.9 Å². The largest absolute Gasteiger partial charge is 0.478 e. The van der Waals surface area contributed by atoms with E-state index in [4.69, 9.17) is 5.73 Å². The Labute approximate surface area is 106 Å². The molecule has 4 heteroatoms. The highest BCUT2D eigenvalue weighted by molar-refractivity contribution is 6.03. The molecule has 0 saturated carbocycles. The lowest BCUT2D eigenvalue weighted by molar-refractivity contribution is 0.0698. The molecule has 3 N–H and O–H groups in total. The predicted octanol–water partition coefficient (Wildman–Crippen LogP) is 2.42. The summed E-state index contributed by atoms with van der Waals surface area (Å²) in [5.41, 5.74) is 7.87. The maximum absolute atomic E-state index is 11.3. The van der Waals surface area contributed by atoms with E-state index in [1.54, 1.807) is 12.1 Å². The van der Waals surface area contributed by atoms with Crippen LogP contribution in [-0.2, 0) is 6.42 Å². The molecule has 2 aromatic rings. The van der Waals surface area contributed by atoms with Crippen LogP contribution in [0.2, 0.25) is 0 Å². The summed E-state index contributed by atoms with van der Waals surface area (Å²) in [6.45, 7) is 4.66. The zero-order chi connectivity index (χ0) is 13.3. The Kier molecular flexibility index (Phi) is 3.39. The topological polar surface area (TPSA) is 68.2 Å². The summed E-state index contributed by atoms with van der Waals surface area (Å²) in [6.07, 6.45) is 2.79. The van der Waals surface area contributed by atoms with Crippen molar-refractivity contribution in [2.24, 2.45) is 5.73 Å². The van der Waals surface area contributed by atoms with Crippen LogP contribution in [0.3, 0.4) is 0 Å². The summed E-state index contributed by atoms with van der Waals surface area (Å²) >= 11 is 0.